The molecule has 3 aromatic rings. The molecule has 0 unspecified atom stereocenters. The summed E-state index contributed by atoms with van der Waals surface area (Å²) < 4.78 is 17.8. The smallest absolute Gasteiger partial charge is 0.240 e. The molecule has 3 aromatic carbocycles. The summed E-state index contributed by atoms with van der Waals surface area (Å²) in [6, 6.07) is 20.4. The normalized spacial score (nSPS) is 28.4. The lowest BCUT2D eigenvalue weighted by atomic mass is 9.67. The van der Waals surface area contributed by atoms with Gasteiger partial charge in [-0.15, -0.1) is 0 Å². The summed E-state index contributed by atoms with van der Waals surface area (Å²) in [5.74, 6) is -0.168. The van der Waals surface area contributed by atoms with Gasteiger partial charge in [-0.05, 0) is 44.0 Å². The molecule has 36 heavy (non-hydrogen) atoms. The molecular weight excluding hydrogens is 456 g/mol. The zero-order valence-electron chi connectivity index (χ0n) is 20.2. The lowest BCUT2D eigenvalue weighted by Gasteiger charge is -2.31. The quantitative estimate of drug-likeness (QED) is 0.477. The third kappa shape index (κ3) is 3.14. The molecule has 0 N–H and O–H groups in total. The predicted octanol–water partition coefficient (Wildman–Crippen LogP) is 4.62. The average Bonchev–Trinajstić information content (AvgIpc) is 3.48. The summed E-state index contributed by atoms with van der Waals surface area (Å²) in [4.78, 5) is 29.1. The minimum absolute atomic E-state index is 0.224. The number of methoxy groups -OCH3 is 1. The Bertz CT molecular complexity index is 1450. The number of amides is 2. The molecule has 4 atom stereocenters. The van der Waals surface area contributed by atoms with Gasteiger partial charge in [-0.3, -0.25) is 9.59 Å². The van der Waals surface area contributed by atoms with Gasteiger partial charge in [-0.1, -0.05) is 30.3 Å². The van der Waals surface area contributed by atoms with Crippen molar-refractivity contribution >= 4 is 28.3 Å². The van der Waals surface area contributed by atoms with E-state index in [0.29, 0.717) is 54.0 Å². The van der Waals surface area contributed by atoms with Crippen molar-refractivity contribution < 1.29 is 23.8 Å². The molecule has 3 heterocycles. The third-order valence-electron chi connectivity index (χ3n) is 8.11. The number of ether oxygens (including phenoxy) is 3. The molecule has 0 aromatic heterocycles. The topological polar surface area (TPSA) is 88.9 Å². The number of rotatable bonds is 6. The number of carbonyl (C=O) groups excluding carboxylic acids is 2. The molecule has 3 saturated heterocycles. The van der Waals surface area contributed by atoms with Crippen molar-refractivity contribution in [3.63, 3.8) is 0 Å². The number of anilines is 1. The molecular formula is C29H26N2O5. The van der Waals surface area contributed by atoms with E-state index in [1.54, 1.807) is 19.2 Å². The van der Waals surface area contributed by atoms with Crippen molar-refractivity contribution in [2.75, 3.05) is 18.6 Å². The summed E-state index contributed by atoms with van der Waals surface area (Å²) in [6.07, 6.45) is 1.92. The lowest BCUT2D eigenvalue weighted by Crippen LogP contribution is -2.43. The molecule has 6 rings (SSSR count). The standard InChI is InChI=1S/C29H26N2O5/c1-28-12-13-29(36-28,14-15-35-20-7-5-6-19(16-20)34-2)25-24(28)26(32)31(27(25)33)23-11-10-18(17-30)21-8-3-4-9-22(21)23/h3-11,16,24-25H,12-15H2,1-2H3/t24-,25+,28-,29-/m0/s1. The van der Waals surface area contributed by atoms with Crippen molar-refractivity contribution in [1.29, 1.82) is 5.26 Å². The van der Waals surface area contributed by atoms with E-state index in [9.17, 15) is 14.9 Å². The fourth-order valence-electron chi connectivity index (χ4n) is 6.46. The zero-order chi connectivity index (χ0) is 25.1. The van der Waals surface area contributed by atoms with Crippen molar-refractivity contribution in [2.45, 2.75) is 37.4 Å². The van der Waals surface area contributed by atoms with Crippen LogP contribution in [0.1, 0.15) is 31.7 Å². The van der Waals surface area contributed by atoms with Gasteiger partial charge in [0, 0.05) is 23.3 Å². The van der Waals surface area contributed by atoms with Gasteiger partial charge in [0.25, 0.3) is 0 Å². The van der Waals surface area contributed by atoms with Crippen LogP contribution in [0, 0.1) is 23.2 Å². The van der Waals surface area contributed by atoms with Gasteiger partial charge in [0.2, 0.25) is 11.8 Å². The first kappa shape index (κ1) is 22.6. The molecule has 182 valence electrons. The highest BCUT2D eigenvalue weighted by Gasteiger charge is 2.73. The molecule has 3 aliphatic heterocycles. The first-order valence-corrected chi connectivity index (χ1v) is 12.2. The number of nitriles is 1. The first-order valence-electron chi connectivity index (χ1n) is 12.2. The molecule has 2 bridgehead atoms. The second-order valence-electron chi connectivity index (χ2n) is 10.0. The van der Waals surface area contributed by atoms with Crippen molar-refractivity contribution in [3.05, 3.63) is 66.2 Å². The zero-order valence-corrected chi connectivity index (χ0v) is 20.2. The molecule has 7 heteroatoms. The molecule has 0 saturated carbocycles. The number of fused-ring (bicyclic) bond motifs is 6. The van der Waals surface area contributed by atoms with E-state index in [-0.39, 0.29) is 11.8 Å². The molecule has 2 amide bonds. The highest BCUT2D eigenvalue weighted by molar-refractivity contribution is 6.26. The Morgan fingerprint density at radius 2 is 1.75 bits per heavy atom. The number of benzene rings is 3. The average molecular weight is 483 g/mol. The van der Waals surface area contributed by atoms with Crippen molar-refractivity contribution in [3.8, 4) is 17.6 Å². The van der Waals surface area contributed by atoms with Gasteiger partial charge < -0.3 is 14.2 Å². The maximum atomic E-state index is 14.0. The molecule has 0 radical (unpaired) electrons. The van der Waals surface area contributed by atoms with E-state index < -0.39 is 23.0 Å². The Balaban J connectivity index is 1.32. The van der Waals surface area contributed by atoms with Crippen molar-refractivity contribution in [1.82, 2.24) is 0 Å². The van der Waals surface area contributed by atoms with Gasteiger partial charge >= 0.3 is 0 Å². The lowest BCUT2D eigenvalue weighted by molar-refractivity contribution is -0.131. The molecule has 0 aliphatic carbocycles. The van der Waals surface area contributed by atoms with Crippen molar-refractivity contribution in [2.24, 2.45) is 11.8 Å². The number of imide groups is 1. The maximum absolute atomic E-state index is 14.0. The maximum Gasteiger partial charge on any atom is 0.240 e. The second kappa shape index (κ2) is 8.07. The summed E-state index contributed by atoms with van der Waals surface area (Å²) >= 11 is 0. The Morgan fingerprint density at radius 3 is 2.53 bits per heavy atom. The van der Waals surface area contributed by atoms with Crippen LogP contribution in [0.2, 0.25) is 0 Å². The van der Waals surface area contributed by atoms with E-state index in [0.717, 1.165) is 5.39 Å². The minimum atomic E-state index is -0.748. The summed E-state index contributed by atoms with van der Waals surface area (Å²) in [5, 5.41) is 11.0. The summed E-state index contributed by atoms with van der Waals surface area (Å²) in [7, 11) is 1.61. The SMILES string of the molecule is COc1cccc(OCC[C@]23CC[C@](C)(O2)[C@@H]2C(=O)N(c4ccc(C#N)c5ccccc45)C(=O)[C@@H]23)c1. The number of nitrogens with zero attached hydrogens (tertiary/aromatic N) is 2. The second-order valence-corrected chi connectivity index (χ2v) is 10.0. The van der Waals surface area contributed by atoms with Gasteiger partial charge in [-0.2, -0.15) is 5.26 Å². The Kier molecular flexibility index (Phi) is 5.06. The van der Waals surface area contributed by atoms with Crippen LogP contribution in [-0.2, 0) is 14.3 Å². The minimum Gasteiger partial charge on any atom is -0.497 e. The van der Waals surface area contributed by atoms with Crippen LogP contribution >= 0.6 is 0 Å². The Morgan fingerprint density at radius 1 is 1.00 bits per heavy atom. The number of hydrogen-bond acceptors (Lipinski definition) is 6. The highest BCUT2D eigenvalue weighted by atomic mass is 16.5. The van der Waals surface area contributed by atoms with E-state index in [4.69, 9.17) is 14.2 Å². The summed E-state index contributed by atoms with van der Waals surface area (Å²) in [6.45, 7) is 2.31. The molecule has 3 fully saturated rings. The number of carbonyl (C=O) groups is 2. The predicted molar refractivity (Wildman–Crippen MR) is 133 cm³/mol. The number of hydrogen-bond donors (Lipinski definition) is 0. The Labute approximate surface area is 209 Å². The molecule has 3 aliphatic rings. The van der Waals surface area contributed by atoms with Gasteiger partial charge in [0.1, 0.15) is 11.5 Å². The van der Waals surface area contributed by atoms with Crippen LogP contribution in [0.15, 0.2) is 60.7 Å². The van der Waals surface area contributed by atoms with Gasteiger partial charge in [0.05, 0.1) is 54.1 Å². The first-order chi connectivity index (χ1) is 17.4. The van der Waals surface area contributed by atoms with E-state index in [2.05, 4.69) is 6.07 Å². The van der Waals surface area contributed by atoms with E-state index in [1.165, 1.54) is 4.90 Å². The fourth-order valence-corrected chi connectivity index (χ4v) is 6.46. The highest BCUT2D eigenvalue weighted by Crippen LogP contribution is 2.62. The molecule has 7 nitrogen and oxygen atoms in total. The van der Waals surface area contributed by atoms with Crippen LogP contribution in [0.3, 0.4) is 0 Å². The van der Waals surface area contributed by atoms with Crippen LogP contribution in [0.5, 0.6) is 11.5 Å². The van der Waals surface area contributed by atoms with Crippen LogP contribution in [-0.4, -0.2) is 36.7 Å². The van der Waals surface area contributed by atoms with Gasteiger partial charge in [-0.25, -0.2) is 4.90 Å². The summed E-state index contributed by atoms with van der Waals surface area (Å²) in [5.41, 5.74) is -0.401. The Hall–Kier alpha value is -3.89. The monoisotopic (exact) mass is 482 g/mol. The third-order valence-corrected chi connectivity index (χ3v) is 8.11. The van der Waals surface area contributed by atoms with E-state index in [1.807, 2.05) is 55.5 Å². The van der Waals surface area contributed by atoms with Crippen LogP contribution < -0.4 is 14.4 Å². The van der Waals surface area contributed by atoms with Crippen LogP contribution in [0.4, 0.5) is 5.69 Å². The molecule has 0 spiro atoms. The fraction of sp³-hybridized carbons (Fsp3) is 0.345. The largest absolute Gasteiger partial charge is 0.497 e. The van der Waals surface area contributed by atoms with E-state index >= 15 is 0 Å². The van der Waals surface area contributed by atoms with Gasteiger partial charge in [0.15, 0.2) is 0 Å². The van der Waals surface area contributed by atoms with Crippen LogP contribution in [0.25, 0.3) is 10.8 Å².